The third-order valence-corrected chi connectivity index (χ3v) is 0. The molecule has 0 atom stereocenters. The molecular weight excluding hydrogens is 414 g/mol. The molecule has 64 valence electrons. The molecule has 0 rings (SSSR count). The minimum absolute atomic E-state index is 0. The molecule has 0 saturated carbocycles. The summed E-state index contributed by atoms with van der Waals surface area (Å²) in [5.41, 5.74) is 0. The molecule has 0 aromatic heterocycles. The van der Waals surface area contributed by atoms with Crippen LogP contribution in [0, 0.1) is 0 Å². The summed E-state index contributed by atoms with van der Waals surface area (Å²) in [5.74, 6) is 0. The normalized spacial score (nSPS) is 2.00. The number of carbonyl (C=O) groups excluding carboxylic acids is 1. The minimum atomic E-state index is -2.33. The molecule has 0 amide bonds. The molecule has 8 nitrogen and oxygen atoms in total. The predicted octanol–water partition coefficient (Wildman–Crippen LogP) is -3.05. The van der Waals surface area contributed by atoms with Crippen LogP contribution < -0.4 is 10.2 Å². The molecule has 0 spiro atoms. The van der Waals surface area contributed by atoms with Crippen molar-refractivity contribution in [3.8, 4) is 0 Å². The second-order valence-electron chi connectivity index (χ2n) is 0.250. The molecule has 0 saturated heterocycles. The van der Waals surface area contributed by atoms with Crippen LogP contribution in [0.2, 0.25) is 0 Å². The van der Waals surface area contributed by atoms with E-state index in [9.17, 15) is 0 Å². The molecule has 0 aromatic rings. The van der Waals surface area contributed by atoms with Crippen LogP contribution in [0.5, 0.6) is 0 Å². The van der Waals surface area contributed by atoms with Crippen LogP contribution in [-0.2, 0) is 106 Å². The van der Waals surface area contributed by atoms with Gasteiger partial charge in [-0.05, 0) is 6.16 Å². The summed E-state index contributed by atoms with van der Waals surface area (Å²) in [6.45, 7) is 0. The van der Waals surface area contributed by atoms with Crippen molar-refractivity contribution in [1.29, 1.82) is 0 Å². The van der Waals surface area contributed by atoms with Gasteiger partial charge in [-0.1, -0.05) is 0 Å². The molecule has 11 heteroatoms. The van der Waals surface area contributed by atoms with Crippen molar-refractivity contribution in [2.75, 3.05) is 0 Å². The zero-order valence-electron chi connectivity index (χ0n) is 5.27. The molecule has 0 aromatic carbocycles. The van der Waals surface area contributed by atoms with Crippen molar-refractivity contribution >= 4 is 6.16 Å². The van der Waals surface area contributed by atoms with Gasteiger partial charge < -0.3 is 42.4 Å². The van der Waals surface area contributed by atoms with Gasteiger partial charge in [0.25, 0.3) is 0 Å². The van der Waals surface area contributed by atoms with Gasteiger partial charge in [-0.2, -0.15) is 0 Å². The molecule has 0 N–H and O–H groups in total. The topological polar surface area (TPSA) is 206 Å². The first kappa shape index (κ1) is 99.7. The molecule has 0 aliphatic rings. The fourth-order valence-electron chi connectivity index (χ4n) is 0. The van der Waals surface area contributed by atoms with Crippen LogP contribution in [0.15, 0.2) is 0 Å². The van der Waals surface area contributed by atoms with E-state index in [0.29, 0.717) is 0 Å². The van der Waals surface area contributed by atoms with E-state index in [-0.39, 0.29) is 106 Å². The first-order valence-electron chi connectivity index (χ1n) is 0.612. The van der Waals surface area contributed by atoms with E-state index < -0.39 is 6.16 Å². The summed E-state index contributed by atoms with van der Waals surface area (Å²) in [7, 11) is 0. The van der Waals surface area contributed by atoms with Gasteiger partial charge in [-0.3, -0.25) is 0 Å². The molecule has 0 aliphatic carbocycles. The standard InChI is InChI=1S/CH2O3.5O.3Zr/c2-1(3)4;;;;;;;;/h(H2,2,3,4);;;;;;;;/q;5*-2;3*+4/p-2. The Morgan fingerprint density at radius 2 is 0.667 bits per heavy atom. The monoisotopic (exact) mass is 410 g/mol. The van der Waals surface area contributed by atoms with Gasteiger partial charge in [-0.25, -0.2) is 0 Å². The summed E-state index contributed by atoms with van der Waals surface area (Å²) in [5, 5.41) is 16.7. The Morgan fingerprint density at radius 3 is 0.667 bits per heavy atom. The summed E-state index contributed by atoms with van der Waals surface area (Å²) in [6, 6.07) is 0. The summed E-state index contributed by atoms with van der Waals surface area (Å²) in [6.07, 6.45) is -2.33. The molecule has 0 radical (unpaired) electrons. The molecule has 0 aliphatic heterocycles. The predicted molar refractivity (Wildman–Crippen MR) is 8.83 cm³/mol. The average Bonchev–Trinajstić information content (AvgIpc) is 0.811. The second-order valence-corrected chi connectivity index (χ2v) is 0.250. The van der Waals surface area contributed by atoms with E-state index in [0.717, 1.165) is 0 Å². The third kappa shape index (κ3) is 456. The zero-order valence-corrected chi connectivity index (χ0v) is 12.6. The van der Waals surface area contributed by atoms with Crippen molar-refractivity contribution < 1.29 is 121 Å². The average molecular weight is 414 g/mol. The van der Waals surface area contributed by atoms with Crippen LogP contribution in [0.3, 0.4) is 0 Å². The van der Waals surface area contributed by atoms with Gasteiger partial charge >= 0.3 is 78.6 Å². The Kier molecular flexibility index (Phi) is 651. The van der Waals surface area contributed by atoms with E-state index in [1.807, 2.05) is 0 Å². The van der Waals surface area contributed by atoms with Gasteiger partial charge in [0.2, 0.25) is 0 Å². The van der Waals surface area contributed by atoms with Crippen molar-refractivity contribution in [1.82, 2.24) is 0 Å². The van der Waals surface area contributed by atoms with Crippen LogP contribution in [0.1, 0.15) is 0 Å². The zero-order chi connectivity index (χ0) is 3.58. The van der Waals surface area contributed by atoms with Gasteiger partial charge in [-0.15, -0.1) is 0 Å². The smallest absolute Gasteiger partial charge is 2.00 e. The van der Waals surface area contributed by atoms with Crippen molar-refractivity contribution in [2.45, 2.75) is 0 Å². The van der Waals surface area contributed by atoms with E-state index >= 15 is 0 Å². The molecule has 0 heterocycles. The maximum Gasteiger partial charge on any atom is 4.00 e. The molecule has 0 fully saturated rings. The van der Waals surface area contributed by atoms with Gasteiger partial charge in [0.15, 0.2) is 0 Å². The first-order chi connectivity index (χ1) is 1.73. The SMILES string of the molecule is O=C([O-])[O-].[O-2].[O-2].[O-2].[O-2].[O-2].[Zr+4].[Zr+4].[Zr+4]. The van der Waals surface area contributed by atoms with E-state index in [2.05, 4.69) is 0 Å². The van der Waals surface area contributed by atoms with Crippen molar-refractivity contribution in [2.24, 2.45) is 0 Å². The Hall–Kier alpha value is 1.72. The minimum Gasteiger partial charge on any atom is -2.00 e. The number of rotatable bonds is 0. The molecule has 12 heavy (non-hydrogen) atoms. The van der Waals surface area contributed by atoms with Crippen LogP contribution in [0.25, 0.3) is 0 Å². The van der Waals surface area contributed by atoms with E-state index in [1.54, 1.807) is 0 Å². The van der Waals surface area contributed by atoms with Crippen LogP contribution in [0.4, 0.5) is 4.79 Å². The van der Waals surface area contributed by atoms with Gasteiger partial charge in [0, 0.05) is 0 Å². The Bertz CT molecular complexity index is 37.3. The van der Waals surface area contributed by atoms with Gasteiger partial charge in [0.05, 0.1) is 0 Å². The summed E-state index contributed by atoms with van der Waals surface area (Å²) < 4.78 is 0. The Morgan fingerprint density at radius 1 is 0.667 bits per heavy atom. The van der Waals surface area contributed by atoms with Crippen molar-refractivity contribution in [3.63, 3.8) is 0 Å². The largest absolute Gasteiger partial charge is 4.00 e. The van der Waals surface area contributed by atoms with E-state index in [4.69, 9.17) is 15.0 Å². The van der Waals surface area contributed by atoms with Gasteiger partial charge in [0.1, 0.15) is 0 Å². The summed E-state index contributed by atoms with van der Waals surface area (Å²) in [4.78, 5) is 8.33. The fraction of sp³-hybridized carbons (Fsp3) is 0. The Balaban J connectivity index is -0.00000000161. The van der Waals surface area contributed by atoms with Crippen LogP contribution in [-0.4, -0.2) is 6.16 Å². The molecule has 0 bridgehead atoms. The maximum absolute atomic E-state index is 8.33. The quantitative estimate of drug-likeness (QED) is 0.406. The third-order valence-electron chi connectivity index (χ3n) is 0. The van der Waals surface area contributed by atoms with E-state index in [1.165, 1.54) is 0 Å². The molecule has 0 unspecified atom stereocenters. The number of hydrogen-bond donors (Lipinski definition) is 0. The number of hydrogen-bond acceptors (Lipinski definition) is 3. The fourth-order valence-corrected chi connectivity index (χ4v) is 0. The van der Waals surface area contributed by atoms with Crippen LogP contribution >= 0.6 is 0 Å². The molecular formula is CO8Zr3. The first-order valence-corrected chi connectivity index (χ1v) is 0.612. The second kappa shape index (κ2) is 78.4. The van der Waals surface area contributed by atoms with Crippen molar-refractivity contribution in [3.05, 3.63) is 0 Å². The number of carbonyl (C=O) groups is 1. The maximum atomic E-state index is 8.33. The summed E-state index contributed by atoms with van der Waals surface area (Å²) >= 11 is 0. The Labute approximate surface area is 126 Å². The number of carboxylic acid groups (broad SMARTS) is 2.